The molecule has 2 aromatic carbocycles. The topological polar surface area (TPSA) is 46.9 Å². The molecule has 1 heterocycles. The highest BCUT2D eigenvalue weighted by molar-refractivity contribution is 6.05. The number of rotatable bonds is 5. The molecule has 3 aromatic rings. The molecule has 0 radical (unpaired) electrons. The molecule has 4 nitrogen and oxygen atoms in total. The number of carbonyl (C=O) groups excluding carboxylic acids is 1. The molecular formula is C23H27N3O. The van der Waals surface area contributed by atoms with Gasteiger partial charge in [-0.3, -0.25) is 4.79 Å². The Morgan fingerprint density at radius 3 is 2.07 bits per heavy atom. The number of carbonyl (C=O) groups is 1. The molecule has 0 atom stereocenters. The van der Waals surface area contributed by atoms with Gasteiger partial charge in [-0.25, -0.2) is 4.68 Å². The third-order valence-corrected chi connectivity index (χ3v) is 4.87. The molecule has 140 valence electrons. The molecule has 1 N–H and O–H groups in total. The highest BCUT2D eigenvalue weighted by atomic mass is 16.1. The third-order valence-electron chi connectivity index (χ3n) is 4.87. The molecule has 0 aliphatic rings. The van der Waals surface area contributed by atoms with Crippen LogP contribution in [0.15, 0.2) is 54.7 Å². The second-order valence-corrected chi connectivity index (χ2v) is 7.47. The summed E-state index contributed by atoms with van der Waals surface area (Å²) in [5, 5.41) is 7.59. The van der Waals surface area contributed by atoms with Gasteiger partial charge in [0.1, 0.15) is 0 Å². The second kappa shape index (κ2) is 7.78. The quantitative estimate of drug-likeness (QED) is 0.635. The lowest BCUT2D eigenvalue weighted by atomic mass is 9.92. The molecule has 0 saturated heterocycles. The van der Waals surface area contributed by atoms with Crippen molar-refractivity contribution in [3.63, 3.8) is 0 Å². The van der Waals surface area contributed by atoms with Crippen molar-refractivity contribution < 1.29 is 4.79 Å². The fourth-order valence-corrected chi connectivity index (χ4v) is 3.34. The average Bonchev–Trinajstić information content (AvgIpc) is 3.03. The molecule has 4 heteroatoms. The summed E-state index contributed by atoms with van der Waals surface area (Å²) in [5.41, 5.74) is 5.60. The van der Waals surface area contributed by atoms with Crippen LogP contribution >= 0.6 is 0 Å². The second-order valence-electron chi connectivity index (χ2n) is 7.47. The van der Waals surface area contributed by atoms with E-state index in [0.29, 0.717) is 17.4 Å². The Morgan fingerprint density at radius 2 is 1.52 bits per heavy atom. The first-order chi connectivity index (χ1) is 12.9. The largest absolute Gasteiger partial charge is 0.321 e. The summed E-state index contributed by atoms with van der Waals surface area (Å²) in [6.07, 6.45) is 1.64. The lowest BCUT2D eigenvalue weighted by Gasteiger charge is -2.20. The Bertz CT molecular complexity index is 913. The first-order valence-electron chi connectivity index (χ1n) is 9.44. The molecule has 0 aliphatic heterocycles. The van der Waals surface area contributed by atoms with Gasteiger partial charge < -0.3 is 5.32 Å². The van der Waals surface area contributed by atoms with Crippen molar-refractivity contribution >= 4 is 11.6 Å². The number of aromatic nitrogens is 2. The van der Waals surface area contributed by atoms with Gasteiger partial charge in [-0.2, -0.15) is 5.10 Å². The Balaban J connectivity index is 1.97. The maximum atomic E-state index is 13.1. The maximum absolute atomic E-state index is 13.1. The normalized spacial score (nSPS) is 11.2. The van der Waals surface area contributed by atoms with Crippen LogP contribution in [0.3, 0.4) is 0 Å². The van der Waals surface area contributed by atoms with Crippen LogP contribution < -0.4 is 5.32 Å². The zero-order valence-electron chi connectivity index (χ0n) is 16.7. The molecule has 27 heavy (non-hydrogen) atoms. The standard InChI is InChI=1S/C23H27N3O/c1-15(2)19-12-9-13-20(16(3)4)22(19)25-23(27)21-14-24-26(17(21)5)18-10-7-6-8-11-18/h6-16H,1-5H3,(H,25,27). The van der Waals surface area contributed by atoms with Gasteiger partial charge in [0.15, 0.2) is 0 Å². The van der Waals surface area contributed by atoms with Crippen LogP contribution in [0.2, 0.25) is 0 Å². The maximum Gasteiger partial charge on any atom is 0.259 e. The van der Waals surface area contributed by atoms with Crippen molar-refractivity contribution in [2.45, 2.75) is 46.5 Å². The predicted molar refractivity (Wildman–Crippen MR) is 111 cm³/mol. The van der Waals surface area contributed by atoms with Crippen molar-refractivity contribution in [1.82, 2.24) is 9.78 Å². The molecule has 0 spiro atoms. The van der Waals surface area contributed by atoms with Crippen molar-refractivity contribution in [3.05, 3.63) is 77.1 Å². The highest BCUT2D eigenvalue weighted by Gasteiger charge is 2.20. The SMILES string of the molecule is Cc1c(C(=O)Nc2c(C(C)C)cccc2C(C)C)cnn1-c1ccccc1. The van der Waals surface area contributed by atoms with E-state index in [-0.39, 0.29) is 5.91 Å². The third kappa shape index (κ3) is 3.80. The number of benzene rings is 2. The highest BCUT2D eigenvalue weighted by Crippen LogP contribution is 2.33. The predicted octanol–water partition coefficient (Wildman–Crippen LogP) is 5.68. The van der Waals surface area contributed by atoms with Crippen LogP contribution in [0, 0.1) is 6.92 Å². The summed E-state index contributed by atoms with van der Waals surface area (Å²) in [6.45, 7) is 10.5. The van der Waals surface area contributed by atoms with Crippen LogP contribution in [0.5, 0.6) is 0 Å². The van der Waals surface area contributed by atoms with Gasteiger partial charge in [-0.05, 0) is 42.0 Å². The monoisotopic (exact) mass is 361 g/mol. The van der Waals surface area contributed by atoms with Gasteiger partial charge in [0, 0.05) is 5.69 Å². The minimum Gasteiger partial charge on any atom is -0.321 e. The van der Waals surface area contributed by atoms with Crippen molar-refractivity contribution in [2.75, 3.05) is 5.32 Å². The molecule has 0 unspecified atom stereocenters. The Kier molecular flexibility index (Phi) is 5.45. The lowest BCUT2D eigenvalue weighted by molar-refractivity contribution is 0.102. The van der Waals surface area contributed by atoms with Crippen molar-refractivity contribution in [3.8, 4) is 5.69 Å². The van der Waals surface area contributed by atoms with Crippen LogP contribution in [-0.4, -0.2) is 15.7 Å². The summed E-state index contributed by atoms with van der Waals surface area (Å²) in [5.74, 6) is 0.531. The zero-order chi connectivity index (χ0) is 19.6. The minimum atomic E-state index is -0.121. The number of hydrogen-bond acceptors (Lipinski definition) is 2. The zero-order valence-corrected chi connectivity index (χ0v) is 16.7. The number of amides is 1. The number of nitrogens with one attached hydrogen (secondary N) is 1. The van der Waals surface area contributed by atoms with E-state index < -0.39 is 0 Å². The molecule has 1 amide bonds. The number of anilines is 1. The van der Waals surface area contributed by atoms with Crippen LogP contribution in [0.4, 0.5) is 5.69 Å². The first-order valence-corrected chi connectivity index (χ1v) is 9.44. The van der Waals surface area contributed by atoms with Crippen LogP contribution in [0.25, 0.3) is 5.69 Å². The van der Waals surface area contributed by atoms with E-state index in [1.165, 1.54) is 0 Å². The molecule has 0 saturated carbocycles. The lowest BCUT2D eigenvalue weighted by Crippen LogP contribution is -2.16. The fraction of sp³-hybridized carbons (Fsp3) is 0.304. The average molecular weight is 361 g/mol. The van der Waals surface area contributed by atoms with Crippen LogP contribution in [0.1, 0.15) is 66.7 Å². The summed E-state index contributed by atoms with van der Waals surface area (Å²) in [4.78, 5) is 13.1. The summed E-state index contributed by atoms with van der Waals surface area (Å²) >= 11 is 0. The first kappa shape index (κ1) is 18.9. The van der Waals surface area contributed by atoms with Gasteiger partial charge in [-0.15, -0.1) is 0 Å². The Labute approximate surface area is 161 Å². The van der Waals surface area contributed by atoms with Crippen molar-refractivity contribution in [1.29, 1.82) is 0 Å². The van der Waals surface area contributed by atoms with E-state index >= 15 is 0 Å². The Morgan fingerprint density at radius 1 is 0.926 bits per heavy atom. The number of hydrogen-bond donors (Lipinski definition) is 1. The van der Waals surface area contributed by atoms with Gasteiger partial charge >= 0.3 is 0 Å². The molecule has 0 fully saturated rings. The van der Waals surface area contributed by atoms with E-state index in [1.54, 1.807) is 10.9 Å². The number of nitrogens with zero attached hydrogens (tertiary/aromatic N) is 2. The molecule has 0 bridgehead atoms. The summed E-state index contributed by atoms with van der Waals surface area (Å²) in [6, 6.07) is 16.1. The molecule has 1 aromatic heterocycles. The van der Waals surface area contributed by atoms with E-state index in [1.807, 2.05) is 37.3 Å². The van der Waals surface area contributed by atoms with Gasteiger partial charge in [0.05, 0.1) is 23.1 Å². The van der Waals surface area contributed by atoms with Crippen molar-refractivity contribution in [2.24, 2.45) is 0 Å². The molecular weight excluding hydrogens is 334 g/mol. The van der Waals surface area contributed by atoms with E-state index in [0.717, 1.165) is 28.2 Å². The van der Waals surface area contributed by atoms with Gasteiger partial charge in [-0.1, -0.05) is 64.1 Å². The van der Waals surface area contributed by atoms with Gasteiger partial charge in [0.25, 0.3) is 5.91 Å². The molecule has 3 rings (SSSR count). The fourth-order valence-electron chi connectivity index (χ4n) is 3.34. The smallest absolute Gasteiger partial charge is 0.259 e. The van der Waals surface area contributed by atoms with Crippen LogP contribution in [-0.2, 0) is 0 Å². The van der Waals surface area contributed by atoms with E-state index in [2.05, 4.69) is 56.3 Å². The van der Waals surface area contributed by atoms with Gasteiger partial charge in [0.2, 0.25) is 0 Å². The van der Waals surface area contributed by atoms with E-state index in [9.17, 15) is 4.79 Å². The minimum absolute atomic E-state index is 0.121. The Hall–Kier alpha value is -2.88. The summed E-state index contributed by atoms with van der Waals surface area (Å²) < 4.78 is 1.80. The molecule has 0 aliphatic carbocycles. The summed E-state index contributed by atoms with van der Waals surface area (Å²) in [7, 11) is 0. The van der Waals surface area contributed by atoms with E-state index in [4.69, 9.17) is 0 Å². The number of para-hydroxylation sites is 2.